The first-order chi connectivity index (χ1) is 14.3. The fraction of sp³-hybridized carbons (Fsp3) is 0. The van der Waals surface area contributed by atoms with Gasteiger partial charge in [-0.25, -0.2) is 9.50 Å². The first-order valence-electron chi connectivity index (χ1n) is 9.27. The van der Waals surface area contributed by atoms with E-state index in [9.17, 15) is 4.79 Å². The van der Waals surface area contributed by atoms with E-state index < -0.39 is 0 Å². The maximum absolute atomic E-state index is 12.9. The molecule has 5 heteroatoms. The lowest BCUT2D eigenvalue weighted by molar-refractivity contribution is 0.902. The van der Waals surface area contributed by atoms with Crippen molar-refractivity contribution in [2.45, 2.75) is 9.79 Å². The van der Waals surface area contributed by atoms with Crippen molar-refractivity contribution < 1.29 is 0 Å². The Labute approximate surface area is 171 Å². The summed E-state index contributed by atoms with van der Waals surface area (Å²) in [6, 6.07) is 28.2. The van der Waals surface area contributed by atoms with E-state index in [0.29, 0.717) is 11.2 Å². The van der Waals surface area contributed by atoms with Crippen molar-refractivity contribution in [3.05, 3.63) is 108 Å². The second-order valence-corrected chi connectivity index (χ2v) is 7.78. The number of fused-ring (bicyclic) bond motifs is 1. The van der Waals surface area contributed by atoms with Gasteiger partial charge in [0.2, 0.25) is 0 Å². The van der Waals surface area contributed by atoms with Crippen LogP contribution in [0.3, 0.4) is 0 Å². The number of nitrogens with one attached hydrogen (secondary N) is 1. The Hall–Kier alpha value is -3.57. The molecule has 140 valence electrons. The fourth-order valence-corrected chi connectivity index (χ4v) is 4.15. The molecule has 0 saturated carbocycles. The third-order valence-electron chi connectivity index (χ3n) is 4.77. The maximum Gasteiger partial charge on any atom is 0.280 e. The van der Waals surface area contributed by atoms with E-state index in [1.807, 2.05) is 54.7 Å². The lowest BCUT2D eigenvalue weighted by atomic mass is 10.1. The van der Waals surface area contributed by atoms with Crippen molar-refractivity contribution in [1.82, 2.24) is 14.6 Å². The predicted octanol–water partition coefficient (Wildman–Crippen LogP) is 5.51. The molecule has 1 N–H and O–H groups in total. The highest BCUT2D eigenvalue weighted by atomic mass is 32.2. The number of aromatic nitrogens is 3. The smallest absolute Gasteiger partial charge is 0.280 e. The average Bonchev–Trinajstić information content (AvgIpc) is 3.21. The van der Waals surface area contributed by atoms with Gasteiger partial charge in [-0.05, 0) is 35.4 Å². The lowest BCUT2D eigenvalue weighted by Gasteiger charge is -2.04. The molecule has 0 saturated heterocycles. The van der Waals surface area contributed by atoms with Gasteiger partial charge < -0.3 is 0 Å². The lowest BCUT2D eigenvalue weighted by Crippen LogP contribution is -2.16. The molecule has 2 aromatic heterocycles. The molecule has 0 radical (unpaired) electrons. The Bertz CT molecular complexity index is 1320. The first-order valence-corrected chi connectivity index (χ1v) is 10.1. The molecule has 0 amide bonds. The Morgan fingerprint density at radius 3 is 2.07 bits per heavy atom. The summed E-state index contributed by atoms with van der Waals surface area (Å²) in [7, 11) is 0. The molecule has 5 aromatic rings. The standard InChI is InChI=1S/C24H17N3OS/c28-24-22(17-7-3-1-4-8-17)15-25-23-21(16-26-27(23)24)18-11-13-20(14-12-18)29-19-9-5-2-6-10-19/h1-16,26H. The van der Waals surface area contributed by atoms with E-state index >= 15 is 0 Å². The van der Waals surface area contributed by atoms with Gasteiger partial charge in [0, 0.05) is 27.7 Å². The molecule has 0 fully saturated rings. The molecule has 4 nitrogen and oxygen atoms in total. The Balaban J connectivity index is 1.49. The molecule has 0 unspecified atom stereocenters. The van der Waals surface area contributed by atoms with Crippen LogP contribution in [0.1, 0.15) is 0 Å². The van der Waals surface area contributed by atoms with Crippen LogP contribution in [-0.2, 0) is 0 Å². The van der Waals surface area contributed by atoms with Gasteiger partial charge in [0.1, 0.15) is 0 Å². The highest BCUT2D eigenvalue weighted by Crippen LogP contribution is 2.30. The number of hydrogen-bond donors (Lipinski definition) is 1. The quantitative estimate of drug-likeness (QED) is 0.437. The topological polar surface area (TPSA) is 50.2 Å². The van der Waals surface area contributed by atoms with Crippen LogP contribution >= 0.6 is 11.8 Å². The summed E-state index contributed by atoms with van der Waals surface area (Å²) in [5.41, 5.74) is 3.87. The Kier molecular flexibility index (Phi) is 4.50. The Morgan fingerprint density at radius 2 is 1.34 bits per heavy atom. The molecule has 5 rings (SSSR count). The monoisotopic (exact) mass is 395 g/mol. The van der Waals surface area contributed by atoms with Crippen LogP contribution < -0.4 is 5.56 Å². The highest BCUT2D eigenvalue weighted by molar-refractivity contribution is 7.99. The molecule has 0 atom stereocenters. The normalized spacial score (nSPS) is 11.0. The van der Waals surface area contributed by atoms with Crippen molar-refractivity contribution in [2.24, 2.45) is 0 Å². The molecule has 0 bridgehead atoms. The minimum atomic E-state index is -0.108. The largest absolute Gasteiger partial charge is 0.296 e. The van der Waals surface area contributed by atoms with E-state index in [0.717, 1.165) is 21.6 Å². The highest BCUT2D eigenvalue weighted by Gasteiger charge is 2.13. The summed E-state index contributed by atoms with van der Waals surface area (Å²) in [5.74, 6) is 0. The summed E-state index contributed by atoms with van der Waals surface area (Å²) in [6.45, 7) is 0. The van der Waals surface area contributed by atoms with Gasteiger partial charge in [-0.2, -0.15) is 0 Å². The predicted molar refractivity (Wildman–Crippen MR) is 117 cm³/mol. The van der Waals surface area contributed by atoms with Crippen molar-refractivity contribution >= 4 is 17.4 Å². The zero-order valence-corrected chi connectivity index (χ0v) is 16.3. The van der Waals surface area contributed by atoms with Gasteiger partial charge >= 0.3 is 0 Å². The van der Waals surface area contributed by atoms with Crippen molar-refractivity contribution in [3.8, 4) is 22.3 Å². The maximum atomic E-state index is 12.9. The van der Waals surface area contributed by atoms with Gasteiger partial charge in [0.05, 0.1) is 5.56 Å². The Morgan fingerprint density at radius 1 is 0.724 bits per heavy atom. The molecule has 29 heavy (non-hydrogen) atoms. The van der Waals surface area contributed by atoms with Gasteiger partial charge in [0.15, 0.2) is 5.65 Å². The number of hydrogen-bond acceptors (Lipinski definition) is 3. The van der Waals surface area contributed by atoms with Crippen LogP contribution in [0.15, 0.2) is 112 Å². The zero-order chi connectivity index (χ0) is 19.6. The molecule has 0 aliphatic rings. The number of benzene rings is 3. The fourth-order valence-electron chi connectivity index (χ4n) is 3.31. The van der Waals surface area contributed by atoms with Gasteiger partial charge in [0.25, 0.3) is 5.56 Å². The summed E-state index contributed by atoms with van der Waals surface area (Å²) in [6.07, 6.45) is 3.49. The molecule has 0 aliphatic carbocycles. The van der Waals surface area contributed by atoms with E-state index in [2.05, 4.69) is 46.5 Å². The van der Waals surface area contributed by atoms with Crippen LogP contribution in [0, 0.1) is 0 Å². The summed E-state index contributed by atoms with van der Waals surface area (Å²) in [4.78, 5) is 19.9. The zero-order valence-electron chi connectivity index (χ0n) is 15.4. The minimum absolute atomic E-state index is 0.108. The minimum Gasteiger partial charge on any atom is -0.296 e. The number of H-pyrrole nitrogens is 1. The van der Waals surface area contributed by atoms with E-state index in [1.54, 1.807) is 18.0 Å². The van der Waals surface area contributed by atoms with Crippen LogP contribution in [0.2, 0.25) is 0 Å². The molecular weight excluding hydrogens is 378 g/mol. The third-order valence-corrected chi connectivity index (χ3v) is 5.78. The molecular formula is C24H17N3OS. The van der Waals surface area contributed by atoms with E-state index in [4.69, 9.17) is 0 Å². The van der Waals surface area contributed by atoms with Crippen LogP contribution in [-0.4, -0.2) is 14.6 Å². The average molecular weight is 395 g/mol. The third kappa shape index (κ3) is 3.37. The van der Waals surface area contributed by atoms with Crippen molar-refractivity contribution in [2.75, 3.05) is 0 Å². The summed E-state index contributed by atoms with van der Waals surface area (Å²) < 4.78 is 1.50. The second-order valence-electron chi connectivity index (χ2n) is 6.63. The SMILES string of the molecule is O=c1c(-c2ccccc2)cnc2c(-c3ccc(Sc4ccccc4)cc3)c[nH]n12. The van der Waals surface area contributed by atoms with Crippen LogP contribution in [0.4, 0.5) is 0 Å². The van der Waals surface area contributed by atoms with E-state index in [1.165, 1.54) is 9.41 Å². The molecule has 3 aromatic carbocycles. The van der Waals surface area contributed by atoms with Crippen LogP contribution in [0.25, 0.3) is 27.9 Å². The first kappa shape index (κ1) is 17.5. The number of rotatable bonds is 4. The van der Waals surface area contributed by atoms with Gasteiger partial charge in [-0.3, -0.25) is 9.89 Å². The van der Waals surface area contributed by atoms with Gasteiger partial charge in [-0.15, -0.1) is 0 Å². The van der Waals surface area contributed by atoms with Crippen molar-refractivity contribution in [1.29, 1.82) is 0 Å². The summed E-state index contributed by atoms with van der Waals surface area (Å²) in [5, 5.41) is 3.06. The summed E-state index contributed by atoms with van der Waals surface area (Å²) >= 11 is 1.72. The van der Waals surface area contributed by atoms with E-state index in [-0.39, 0.29) is 5.56 Å². The number of nitrogens with zero attached hydrogens (tertiary/aromatic N) is 2. The number of aromatic amines is 1. The van der Waals surface area contributed by atoms with Crippen molar-refractivity contribution in [3.63, 3.8) is 0 Å². The van der Waals surface area contributed by atoms with Crippen LogP contribution in [0.5, 0.6) is 0 Å². The molecule has 0 spiro atoms. The second kappa shape index (κ2) is 7.45. The molecule has 2 heterocycles. The molecule has 0 aliphatic heterocycles. The van der Waals surface area contributed by atoms with Gasteiger partial charge in [-0.1, -0.05) is 72.4 Å².